The molecule has 0 aliphatic heterocycles. The molecule has 1 heterocycles. The number of aldehydes is 1. The van der Waals surface area contributed by atoms with Crippen molar-refractivity contribution >= 4 is 18.2 Å². The summed E-state index contributed by atoms with van der Waals surface area (Å²) in [5, 5.41) is 21.7. The molecular formula is C24H24F2N2O5. The fraction of sp³-hybridized carbons (Fsp3) is 0.292. The summed E-state index contributed by atoms with van der Waals surface area (Å²) in [6.45, 7) is -0.00388. The van der Waals surface area contributed by atoms with E-state index in [9.17, 15) is 13.6 Å². The van der Waals surface area contributed by atoms with Gasteiger partial charge in [-0.05, 0) is 43.9 Å². The Hall–Kier alpha value is -3.27. The summed E-state index contributed by atoms with van der Waals surface area (Å²) in [6, 6.07) is 10.0. The predicted molar refractivity (Wildman–Crippen MR) is 117 cm³/mol. The van der Waals surface area contributed by atoms with Gasteiger partial charge in [0.25, 0.3) is 0 Å². The minimum atomic E-state index is -1.30. The molecule has 0 spiro atoms. The summed E-state index contributed by atoms with van der Waals surface area (Å²) >= 11 is 0. The number of aromatic nitrogens is 1. The fourth-order valence-electron chi connectivity index (χ4n) is 3.06. The number of carbonyl (C=O) groups is 1. The minimum Gasteiger partial charge on any atom is -0.369 e. The average molecular weight is 458 g/mol. The maximum Gasteiger partial charge on any atom is 0.163 e. The molecule has 0 amide bonds. The lowest BCUT2D eigenvalue weighted by Gasteiger charge is -2.03. The van der Waals surface area contributed by atoms with Crippen LogP contribution in [0.3, 0.4) is 0 Å². The third-order valence-electron chi connectivity index (χ3n) is 4.81. The predicted octanol–water partition coefficient (Wildman–Crippen LogP) is 4.72. The normalized spacial score (nSPS) is 11.5. The molecule has 0 fully saturated rings. The van der Waals surface area contributed by atoms with Crippen LogP contribution in [0, 0.1) is 11.6 Å². The summed E-state index contributed by atoms with van der Waals surface area (Å²) in [6.07, 6.45) is 3.44. The number of carbonyl (C=O) groups excluding carboxylic acids is 1. The number of hydrogen-bond donors (Lipinski definition) is 2. The zero-order chi connectivity index (χ0) is 23.6. The number of hydrogen-bond acceptors (Lipinski definition) is 7. The van der Waals surface area contributed by atoms with E-state index >= 15 is 0 Å². The molecule has 174 valence electrons. The van der Waals surface area contributed by atoms with Gasteiger partial charge in [-0.3, -0.25) is 9.79 Å². The van der Waals surface area contributed by atoms with Crippen molar-refractivity contribution in [3.8, 4) is 11.3 Å². The number of aliphatic hydroxyl groups is 2. The lowest BCUT2D eigenvalue weighted by molar-refractivity contribution is -0.0464. The van der Waals surface area contributed by atoms with Crippen molar-refractivity contribution in [1.82, 2.24) is 5.16 Å². The van der Waals surface area contributed by atoms with Crippen LogP contribution in [0.25, 0.3) is 11.3 Å². The molecule has 0 radical (unpaired) electrons. The first-order valence-corrected chi connectivity index (χ1v) is 10.4. The average Bonchev–Trinajstić information content (AvgIpc) is 3.26. The van der Waals surface area contributed by atoms with Crippen LogP contribution in [0.1, 0.15) is 47.4 Å². The van der Waals surface area contributed by atoms with Crippen molar-refractivity contribution in [3.05, 3.63) is 71.0 Å². The number of benzene rings is 2. The molecule has 2 aromatic carbocycles. The molecule has 3 rings (SSSR count). The maximum absolute atomic E-state index is 13.7. The summed E-state index contributed by atoms with van der Waals surface area (Å²) in [7, 11) is 0. The van der Waals surface area contributed by atoms with E-state index in [1.807, 2.05) is 0 Å². The summed E-state index contributed by atoms with van der Waals surface area (Å²) in [5.41, 5.74) is 2.35. The van der Waals surface area contributed by atoms with Crippen LogP contribution in [0.5, 0.6) is 0 Å². The van der Waals surface area contributed by atoms with Crippen LogP contribution < -0.4 is 0 Å². The first kappa shape index (κ1) is 24.4. The lowest BCUT2D eigenvalue weighted by atomic mass is 10.1. The quantitative estimate of drug-likeness (QED) is 0.176. The van der Waals surface area contributed by atoms with E-state index in [0.717, 1.165) is 24.8 Å². The monoisotopic (exact) mass is 458 g/mol. The molecular weight excluding hydrogens is 434 g/mol. The molecule has 2 N–H and O–H groups in total. The van der Waals surface area contributed by atoms with E-state index < -0.39 is 17.9 Å². The van der Waals surface area contributed by atoms with E-state index in [0.29, 0.717) is 47.5 Å². The molecule has 33 heavy (non-hydrogen) atoms. The highest BCUT2D eigenvalue weighted by atomic mass is 19.1. The highest BCUT2D eigenvalue weighted by Gasteiger charge is 2.11. The highest BCUT2D eigenvalue weighted by Crippen LogP contribution is 2.27. The van der Waals surface area contributed by atoms with Gasteiger partial charge in [0.2, 0.25) is 0 Å². The van der Waals surface area contributed by atoms with Crippen molar-refractivity contribution in [2.75, 3.05) is 0 Å². The Kier molecular flexibility index (Phi) is 8.94. The Balaban J connectivity index is 1.60. The fourth-order valence-corrected chi connectivity index (χ4v) is 3.06. The van der Waals surface area contributed by atoms with Crippen LogP contribution in [-0.2, 0) is 18.0 Å². The SMILES string of the molecule is O=Cc1ccc(-c2cc(COCc3ccc(F)cc3F)on2)cc1/N=C/CCCCC(O)O. The van der Waals surface area contributed by atoms with Gasteiger partial charge in [0.1, 0.15) is 23.9 Å². The van der Waals surface area contributed by atoms with E-state index in [1.54, 1.807) is 30.5 Å². The third-order valence-corrected chi connectivity index (χ3v) is 4.81. The molecule has 0 saturated carbocycles. The molecule has 0 aliphatic carbocycles. The Labute approximate surface area is 189 Å². The zero-order valence-corrected chi connectivity index (χ0v) is 17.8. The van der Waals surface area contributed by atoms with Crippen LogP contribution in [0.2, 0.25) is 0 Å². The first-order chi connectivity index (χ1) is 16.0. The van der Waals surface area contributed by atoms with Crippen LogP contribution >= 0.6 is 0 Å². The summed E-state index contributed by atoms with van der Waals surface area (Å²) < 4.78 is 37.3. The first-order valence-electron chi connectivity index (χ1n) is 10.4. The number of ether oxygens (including phenoxy) is 1. The molecule has 3 aromatic rings. The highest BCUT2D eigenvalue weighted by molar-refractivity contribution is 5.86. The second kappa shape index (κ2) is 12.1. The molecule has 0 atom stereocenters. The topological polar surface area (TPSA) is 105 Å². The van der Waals surface area contributed by atoms with Crippen molar-refractivity contribution in [3.63, 3.8) is 0 Å². The molecule has 0 bridgehead atoms. The number of nitrogens with zero attached hydrogens (tertiary/aromatic N) is 2. The number of unbranched alkanes of at least 4 members (excludes halogenated alkanes) is 2. The molecule has 0 unspecified atom stereocenters. The molecule has 0 saturated heterocycles. The number of rotatable bonds is 12. The number of halogens is 2. The molecule has 1 aromatic heterocycles. The third kappa shape index (κ3) is 7.38. The second-order valence-electron chi connectivity index (χ2n) is 7.38. The van der Waals surface area contributed by atoms with Gasteiger partial charge in [-0.2, -0.15) is 0 Å². The van der Waals surface area contributed by atoms with Gasteiger partial charge >= 0.3 is 0 Å². The van der Waals surface area contributed by atoms with Gasteiger partial charge in [0.05, 0.1) is 12.3 Å². The number of aliphatic imine (C=N–C) groups is 1. The van der Waals surface area contributed by atoms with Crippen LogP contribution in [-0.4, -0.2) is 34.2 Å². The smallest absolute Gasteiger partial charge is 0.163 e. The second-order valence-corrected chi connectivity index (χ2v) is 7.38. The minimum absolute atomic E-state index is 0.0454. The van der Waals surface area contributed by atoms with E-state index in [4.69, 9.17) is 19.5 Å². The van der Waals surface area contributed by atoms with Gasteiger partial charge in [0, 0.05) is 35.0 Å². The van der Waals surface area contributed by atoms with Crippen molar-refractivity contribution in [2.45, 2.75) is 45.2 Å². The van der Waals surface area contributed by atoms with Gasteiger partial charge in [-0.1, -0.05) is 17.3 Å². The lowest BCUT2D eigenvalue weighted by Crippen LogP contribution is -2.02. The maximum atomic E-state index is 13.7. The Morgan fingerprint density at radius 1 is 1.09 bits per heavy atom. The van der Waals surface area contributed by atoms with E-state index in [-0.39, 0.29) is 18.8 Å². The Morgan fingerprint density at radius 3 is 2.70 bits per heavy atom. The van der Waals surface area contributed by atoms with Gasteiger partial charge < -0.3 is 19.5 Å². The molecule has 7 nitrogen and oxygen atoms in total. The van der Waals surface area contributed by atoms with Gasteiger partial charge in [-0.15, -0.1) is 0 Å². The molecule has 0 aliphatic rings. The largest absolute Gasteiger partial charge is 0.369 e. The van der Waals surface area contributed by atoms with Crippen molar-refractivity contribution in [2.24, 2.45) is 4.99 Å². The summed E-state index contributed by atoms with van der Waals surface area (Å²) in [4.78, 5) is 15.7. The van der Waals surface area contributed by atoms with Crippen molar-refractivity contribution in [1.29, 1.82) is 0 Å². The number of aliphatic hydroxyl groups excluding tert-OH is 1. The zero-order valence-electron chi connectivity index (χ0n) is 17.8. The van der Waals surface area contributed by atoms with E-state index in [1.165, 1.54) is 6.07 Å². The van der Waals surface area contributed by atoms with Crippen LogP contribution in [0.4, 0.5) is 14.5 Å². The Bertz CT molecular complexity index is 1100. The van der Waals surface area contributed by atoms with Gasteiger partial charge in [0.15, 0.2) is 18.3 Å². The van der Waals surface area contributed by atoms with E-state index in [2.05, 4.69) is 10.1 Å². The van der Waals surface area contributed by atoms with Crippen LogP contribution in [0.15, 0.2) is 52.0 Å². The molecule has 9 heteroatoms. The van der Waals surface area contributed by atoms with Crippen molar-refractivity contribution < 1.29 is 33.0 Å². The standard InChI is InChI=1S/C24H24F2N2O5/c25-19-8-7-18(21(26)11-19)14-32-15-20-12-23(28-33-20)16-5-6-17(13-29)22(10-16)27-9-3-1-2-4-24(30)31/h5-13,24,30-31H,1-4,14-15H2/b27-9+. The Morgan fingerprint density at radius 2 is 1.94 bits per heavy atom. The van der Waals surface area contributed by atoms with Gasteiger partial charge in [-0.25, -0.2) is 8.78 Å². The summed E-state index contributed by atoms with van der Waals surface area (Å²) in [5.74, 6) is -0.910.